The molecule has 1 nitrogen and oxygen atoms in total. The SMILES string of the molecule is CCCNC(Cc1cc(Cl)ccc1F)C1(C)CC1. The molecule has 1 fully saturated rings. The van der Waals surface area contributed by atoms with Gasteiger partial charge in [-0.1, -0.05) is 25.4 Å². The minimum atomic E-state index is -0.146. The summed E-state index contributed by atoms with van der Waals surface area (Å²) >= 11 is 5.95. The van der Waals surface area contributed by atoms with Gasteiger partial charge in [-0.15, -0.1) is 0 Å². The van der Waals surface area contributed by atoms with E-state index in [0.717, 1.165) is 24.9 Å². The maximum Gasteiger partial charge on any atom is 0.126 e. The molecule has 0 radical (unpaired) electrons. The van der Waals surface area contributed by atoms with Crippen molar-refractivity contribution in [3.8, 4) is 0 Å². The second-order valence-corrected chi connectivity index (χ2v) is 6.04. The molecule has 1 saturated carbocycles. The molecule has 1 unspecified atom stereocenters. The van der Waals surface area contributed by atoms with Gasteiger partial charge in [0.25, 0.3) is 0 Å². The van der Waals surface area contributed by atoms with Crippen molar-refractivity contribution in [1.29, 1.82) is 0 Å². The molecule has 0 spiro atoms. The van der Waals surface area contributed by atoms with Crippen molar-refractivity contribution in [3.05, 3.63) is 34.6 Å². The lowest BCUT2D eigenvalue weighted by Crippen LogP contribution is -2.38. The number of hydrogen-bond donors (Lipinski definition) is 1. The van der Waals surface area contributed by atoms with Crippen molar-refractivity contribution in [2.45, 2.75) is 45.6 Å². The predicted molar refractivity (Wildman–Crippen MR) is 74.5 cm³/mol. The van der Waals surface area contributed by atoms with Gasteiger partial charge in [0.05, 0.1) is 0 Å². The van der Waals surface area contributed by atoms with E-state index in [2.05, 4.69) is 19.2 Å². The second-order valence-electron chi connectivity index (χ2n) is 5.60. The maximum absolute atomic E-state index is 13.8. The standard InChI is InChI=1S/C15H21ClFN/c1-3-8-18-14(15(2)6-7-15)10-11-9-12(16)4-5-13(11)17/h4-5,9,14,18H,3,6-8,10H2,1-2H3. The molecule has 1 atom stereocenters. The van der Waals surface area contributed by atoms with E-state index < -0.39 is 0 Å². The summed E-state index contributed by atoms with van der Waals surface area (Å²) in [5.41, 5.74) is 1.06. The van der Waals surface area contributed by atoms with Crippen LogP contribution in [0, 0.1) is 11.2 Å². The molecular formula is C15H21ClFN. The highest BCUT2D eigenvalue weighted by molar-refractivity contribution is 6.30. The molecule has 100 valence electrons. The zero-order chi connectivity index (χ0) is 13.2. The highest BCUT2D eigenvalue weighted by Gasteiger charge is 2.44. The average molecular weight is 270 g/mol. The number of halogens is 2. The van der Waals surface area contributed by atoms with Crippen molar-refractivity contribution in [1.82, 2.24) is 5.32 Å². The predicted octanol–water partition coefficient (Wildman–Crippen LogP) is 4.19. The molecule has 0 aliphatic heterocycles. The van der Waals surface area contributed by atoms with Crippen molar-refractivity contribution < 1.29 is 4.39 Å². The van der Waals surface area contributed by atoms with Crippen LogP contribution in [0.4, 0.5) is 4.39 Å². The van der Waals surface area contributed by atoms with Crippen LogP contribution in [-0.2, 0) is 6.42 Å². The van der Waals surface area contributed by atoms with Crippen LogP contribution in [0.5, 0.6) is 0 Å². The van der Waals surface area contributed by atoms with Crippen LogP contribution in [0.3, 0.4) is 0 Å². The van der Waals surface area contributed by atoms with Crippen molar-refractivity contribution in [2.75, 3.05) is 6.54 Å². The first-order chi connectivity index (χ1) is 8.55. The lowest BCUT2D eigenvalue weighted by Gasteiger charge is -2.25. The Bertz CT molecular complexity index is 415. The highest BCUT2D eigenvalue weighted by Crippen LogP contribution is 2.49. The summed E-state index contributed by atoms with van der Waals surface area (Å²) < 4.78 is 13.8. The summed E-state index contributed by atoms with van der Waals surface area (Å²) in [6, 6.07) is 5.17. The Morgan fingerprint density at radius 1 is 1.44 bits per heavy atom. The van der Waals surface area contributed by atoms with Gasteiger partial charge in [-0.05, 0) is 61.4 Å². The number of benzene rings is 1. The van der Waals surface area contributed by atoms with Crippen molar-refractivity contribution in [2.24, 2.45) is 5.41 Å². The van der Waals surface area contributed by atoms with Crippen molar-refractivity contribution >= 4 is 11.6 Å². The van der Waals surface area contributed by atoms with Gasteiger partial charge in [0, 0.05) is 11.1 Å². The fourth-order valence-corrected chi connectivity index (χ4v) is 2.54. The lowest BCUT2D eigenvalue weighted by atomic mass is 9.92. The fraction of sp³-hybridized carbons (Fsp3) is 0.600. The van der Waals surface area contributed by atoms with E-state index in [0.29, 0.717) is 16.5 Å². The normalized spacial score (nSPS) is 18.7. The van der Waals surface area contributed by atoms with Gasteiger partial charge in [-0.3, -0.25) is 0 Å². The molecule has 1 aromatic rings. The van der Waals surface area contributed by atoms with E-state index in [4.69, 9.17) is 11.6 Å². The van der Waals surface area contributed by atoms with Crippen LogP contribution in [0.25, 0.3) is 0 Å². The van der Waals surface area contributed by atoms with Gasteiger partial charge in [-0.25, -0.2) is 4.39 Å². The number of nitrogens with one attached hydrogen (secondary N) is 1. The van der Waals surface area contributed by atoms with E-state index >= 15 is 0 Å². The van der Waals surface area contributed by atoms with Crippen LogP contribution in [0.15, 0.2) is 18.2 Å². The number of hydrogen-bond acceptors (Lipinski definition) is 1. The van der Waals surface area contributed by atoms with Gasteiger partial charge in [0.1, 0.15) is 5.82 Å². The van der Waals surface area contributed by atoms with Crippen LogP contribution in [0.2, 0.25) is 5.02 Å². The van der Waals surface area contributed by atoms with Gasteiger partial charge >= 0.3 is 0 Å². The molecule has 1 aliphatic rings. The molecule has 3 heteroatoms. The van der Waals surface area contributed by atoms with Crippen LogP contribution in [-0.4, -0.2) is 12.6 Å². The highest BCUT2D eigenvalue weighted by atomic mass is 35.5. The minimum absolute atomic E-state index is 0.146. The summed E-state index contributed by atoms with van der Waals surface area (Å²) in [5, 5.41) is 4.17. The summed E-state index contributed by atoms with van der Waals surface area (Å²) in [6.45, 7) is 5.42. The first-order valence-corrected chi connectivity index (χ1v) is 7.10. The summed E-state index contributed by atoms with van der Waals surface area (Å²) in [4.78, 5) is 0. The molecule has 0 saturated heterocycles. The lowest BCUT2D eigenvalue weighted by molar-refractivity contribution is 0.351. The third-order valence-electron chi connectivity index (χ3n) is 3.95. The topological polar surface area (TPSA) is 12.0 Å². The maximum atomic E-state index is 13.8. The van der Waals surface area contributed by atoms with Crippen LogP contribution < -0.4 is 5.32 Å². The Hall–Kier alpha value is -0.600. The van der Waals surface area contributed by atoms with Gasteiger partial charge in [0.2, 0.25) is 0 Å². The van der Waals surface area contributed by atoms with Crippen LogP contribution in [0.1, 0.15) is 38.7 Å². The molecule has 1 aromatic carbocycles. The number of rotatable bonds is 6. The van der Waals surface area contributed by atoms with Crippen LogP contribution >= 0.6 is 11.6 Å². The molecule has 2 rings (SSSR count). The van der Waals surface area contributed by atoms with Crippen molar-refractivity contribution in [3.63, 3.8) is 0 Å². The molecule has 0 amide bonds. The molecule has 0 aromatic heterocycles. The Labute approximate surface area is 114 Å². The quantitative estimate of drug-likeness (QED) is 0.817. The molecule has 1 N–H and O–H groups in total. The first kappa shape index (κ1) is 13.8. The zero-order valence-corrected chi connectivity index (χ0v) is 11.9. The molecule has 1 aliphatic carbocycles. The Kier molecular flexibility index (Phi) is 4.29. The molecule has 18 heavy (non-hydrogen) atoms. The summed E-state index contributed by atoms with van der Waals surface area (Å²) in [6.07, 6.45) is 4.29. The zero-order valence-electron chi connectivity index (χ0n) is 11.1. The van der Waals surface area contributed by atoms with Gasteiger partial charge in [0.15, 0.2) is 0 Å². The van der Waals surface area contributed by atoms with E-state index in [1.165, 1.54) is 18.9 Å². The fourth-order valence-electron chi connectivity index (χ4n) is 2.35. The molecular weight excluding hydrogens is 249 g/mol. The Morgan fingerprint density at radius 3 is 2.78 bits per heavy atom. The Balaban J connectivity index is 2.10. The van der Waals surface area contributed by atoms with E-state index in [1.807, 2.05) is 0 Å². The first-order valence-electron chi connectivity index (χ1n) is 6.72. The van der Waals surface area contributed by atoms with E-state index in [9.17, 15) is 4.39 Å². The van der Waals surface area contributed by atoms with E-state index in [-0.39, 0.29) is 5.82 Å². The third-order valence-corrected chi connectivity index (χ3v) is 4.19. The second kappa shape index (κ2) is 5.58. The molecule has 0 heterocycles. The smallest absolute Gasteiger partial charge is 0.126 e. The summed E-state index contributed by atoms with van der Waals surface area (Å²) in [7, 11) is 0. The Morgan fingerprint density at radius 2 is 2.17 bits per heavy atom. The third kappa shape index (κ3) is 3.24. The minimum Gasteiger partial charge on any atom is -0.313 e. The van der Waals surface area contributed by atoms with Gasteiger partial charge in [-0.2, -0.15) is 0 Å². The average Bonchev–Trinajstić information content (AvgIpc) is 3.08. The summed E-state index contributed by atoms with van der Waals surface area (Å²) in [5.74, 6) is -0.146. The molecule has 0 bridgehead atoms. The van der Waals surface area contributed by atoms with Gasteiger partial charge < -0.3 is 5.32 Å². The van der Waals surface area contributed by atoms with E-state index in [1.54, 1.807) is 12.1 Å². The monoisotopic (exact) mass is 269 g/mol. The largest absolute Gasteiger partial charge is 0.313 e.